The molecule has 0 unspecified atom stereocenters. The number of nitro benzene ring substituents is 2. The zero-order valence-electron chi connectivity index (χ0n) is 14.4. The fourth-order valence-electron chi connectivity index (χ4n) is 2.55. The molecule has 1 aromatic carbocycles. The average Bonchev–Trinajstić information content (AvgIpc) is 2.89. The van der Waals surface area contributed by atoms with Crippen molar-refractivity contribution in [3.8, 4) is 6.07 Å². The van der Waals surface area contributed by atoms with Gasteiger partial charge in [-0.05, 0) is 20.8 Å². The zero-order valence-corrected chi connectivity index (χ0v) is 14.4. The Bertz CT molecular complexity index is 1050. The number of nitrogens with one attached hydrogen (secondary N) is 1. The highest BCUT2D eigenvalue weighted by Crippen LogP contribution is 2.31. The van der Waals surface area contributed by atoms with Gasteiger partial charge >= 0.3 is 0 Å². The smallest absolute Gasteiger partial charge is 0.279 e. The maximum atomic E-state index is 12.5. The van der Waals surface area contributed by atoms with Crippen LogP contribution >= 0.6 is 0 Å². The molecule has 11 heteroatoms. The van der Waals surface area contributed by atoms with E-state index in [4.69, 9.17) is 4.42 Å². The summed E-state index contributed by atoms with van der Waals surface area (Å²) in [5, 5.41) is 33.6. The molecule has 1 heterocycles. The van der Waals surface area contributed by atoms with Gasteiger partial charge in [0.1, 0.15) is 17.4 Å². The second-order valence-corrected chi connectivity index (χ2v) is 5.51. The number of nitriles is 1. The van der Waals surface area contributed by atoms with Crippen LogP contribution in [0.1, 0.15) is 44.5 Å². The van der Waals surface area contributed by atoms with E-state index < -0.39 is 32.9 Å². The molecule has 2 rings (SSSR count). The molecule has 1 amide bonds. The summed E-state index contributed by atoms with van der Waals surface area (Å²) in [6.07, 6.45) is 0. The molecule has 27 heavy (non-hydrogen) atoms. The van der Waals surface area contributed by atoms with E-state index in [1.54, 1.807) is 6.07 Å². The van der Waals surface area contributed by atoms with Gasteiger partial charge in [0.2, 0.25) is 5.88 Å². The first kappa shape index (κ1) is 19.3. The van der Waals surface area contributed by atoms with Crippen molar-refractivity contribution in [1.29, 1.82) is 5.26 Å². The molecule has 0 bridgehead atoms. The average molecular weight is 372 g/mol. The molecule has 0 saturated heterocycles. The Balaban J connectivity index is 2.56. The van der Waals surface area contributed by atoms with Gasteiger partial charge in [-0.1, -0.05) is 0 Å². The van der Waals surface area contributed by atoms with Crippen LogP contribution in [0.25, 0.3) is 0 Å². The van der Waals surface area contributed by atoms with Gasteiger partial charge in [-0.2, -0.15) is 5.26 Å². The number of anilines is 1. The number of amides is 1. The molecule has 138 valence electrons. The minimum absolute atomic E-state index is 0.00505. The highest BCUT2D eigenvalue weighted by atomic mass is 16.6. The lowest BCUT2D eigenvalue weighted by Crippen LogP contribution is -2.15. The summed E-state index contributed by atoms with van der Waals surface area (Å²) in [6, 6.07) is 3.38. The number of nitro groups is 2. The van der Waals surface area contributed by atoms with Crippen molar-refractivity contribution < 1.29 is 23.9 Å². The van der Waals surface area contributed by atoms with E-state index in [-0.39, 0.29) is 33.9 Å². The van der Waals surface area contributed by atoms with Crippen molar-refractivity contribution in [2.75, 3.05) is 5.32 Å². The SMILES string of the molecule is CC(=O)c1c(C)oc(NC(=O)c2cc([N+](=O)[O-])cc([N+](=O)[O-])c2C)c1C#N. The lowest BCUT2D eigenvalue weighted by atomic mass is 10.0. The van der Waals surface area contributed by atoms with Crippen LogP contribution in [0.4, 0.5) is 17.3 Å². The molecule has 0 saturated carbocycles. The second kappa shape index (κ2) is 7.04. The highest BCUT2D eigenvalue weighted by molar-refractivity contribution is 6.07. The van der Waals surface area contributed by atoms with Crippen LogP contribution in [0.15, 0.2) is 16.5 Å². The number of non-ortho nitro benzene ring substituents is 1. The van der Waals surface area contributed by atoms with Gasteiger partial charge in [0.15, 0.2) is 5.78 Å². The first-order valence-electron chi connectivity index (χ1n) is 7.37. The largest absolute Gasteiger partial charge is 0.443 e. The Labute approximate surface area is 151 Å². The molecule has 0 aliphatic heterocycles. The Kier molecular flexibility index (Phi) is 5.02. The summed E-state index contributed by atoms with van der Waals surface area (Å²) < 4.78 is 5.24. The maximum Gasteiger partial charge on any atom is 0.279 e. The third-order valence-corrected chi connectivity index (χ3v) is 3.79. The lowest BCUT2D eigenvalue weighted by Gasteiger charge is -2.07. The van der Waals surface area contributed by atoms with Crippen LogP contribution in [0.3, 0.4) is 0 Å². The Morgan fingerprint density at radius 3 is 2.30 bits per heavy atom. The van der Waals surface area contributed by atoms with E-state index in [0.717, 1.165) is 12.1 Å². The van der Waals surface area contributed by atoms with E-state index in [1.165, 1.54) is 20.8 Å². The summed E-state index contributed by atoms with van der Waals surface area (Å²) in [7, 11) is 0. The molecule has 2 aromatic rings. The van der Waals surface area contributed by atoms with E-state index in [1.807, 2.05) is 0 Å². The van der Waals surface area contributed by atoms with Gasteiger partial charge in [-0.3, -0.25) is 35.1 Å². The number of benzene rings is 1. The number of furan rings is 1. The molecule has 0 aliphatic rings. The van der Waals surface area contributed by atoms with Crippen LogP contribution in [0.2, 0.25) is 0 Å². The fraction of sp³-hybridized carbons (Fsp3) is 0.188. The maximum absolute atomic E-state index is 12.5. The molecule has 0 fully saturated rings. The number of Topliss-reactive ketones (excluding diaryl/α,β-unsaturated/α-hetero) is 1. The normalized spacial score (nSPS) is 10.1. The van der Waals surface area contributed by atoms with E-state index in [9.17, 15) is 35.1 Å². The number of carbonyl (C=O) groups is 2. The molecule has 0 radical (unpaired) electrons. The molecule has 1 aromatic heterocycles. The molecule has 0 spiro atoms. The zero-order chi connectivity index (χ0) is 20.5. The predicted molar refractivity (Wildman–Crippen MR) is 90.6 cm³/mol. The molecule has 0 atom stereocenters. The topological polar surface area (TPSA) is 169 Å². The number of rotatable bonds is 5. The van der Waals surface area contributed by atoms with Gasteiger partial charge in [0, 0.05) is 11.6 Å². The van der Waals surface area contributed by atoms with Crippen molar-refractivity contribution in [3.05, 3.63) is 60.4 Å². The van der Waals surface area contributed by atoms with Gasteiger partial charge in [-0.25, -0.2) is 0 Å². The predicted octanol–water partition coefficient (Wildman–Crippen LogP) is 3.04. The minimum Gasteiger partial charge on any atom is -0.443 e. The Hall–Kier alpha value is -4.07. The van der Waals surface area contributed by atoms with E-state index >= 15 is 0 Å². The molecular formula is C16H12N4O7. The second-order valence-electron chi connectivity index (χ2n) is 5.51. The summed E-state index contributed by atoms with van der Waals surface area (Å²) in [5.74, 6) is -1.62. The standard InChI is InChI=1S/C16H12N4O7/c1-7-11(4-10(19(23)24)5-13(7)20(25)26)15(22)18-16-12(6-17)14(8(2)21)9(3)27-16/h4-5H,1-3H3,(H,18,22). The highest BCUT2D eigenvalue weighted by Gasteiger charge is 2.27. The fourth-order valence-corrected chi connectivity index (χ4v) is 2.55. The summed E-state index contributed by atoms with van der Waals surface area (Å²) in [5.41, 5.74) is -1.89. The molecule has 11 nitrogen and oxygen atoms in total. The van der Waals surface area contributed by atoms with Crippen LogP contribution < -0.4 is 5.32 Å². The van der Waals surface area contributed by atoms with Gasteiger partial charge in [0.25, 0.3) is 17.3 Å². The first-order valence-corrected chi connectivity index (χ1v) is 7.37. The molecular weight excluding hydrogens is 360 g/mol. The van der Waals surface area contributed by atoms with Gasteiger partial charge in [0.05, 0.1) is 27.0 Å². The molecule has 1 N–H and O–H groups in total. The van der Waals surface area contributed by atoms with Crippen LogP contribution in [0.5, 0.6) is 0 Å². The van der Waals surface area contributed by atoms with Crippen molar-refractivity contribution in [2.45, 2.75) is 20.8 Å². The monoisotopic (exact) mass is 372 g/mol. The van der Waals surface area contributed by atoms with Crippen molar-refractivity contribution in [3.63, 3.8) is 0 Å². The van der Waals surface area contributed by atoms with Gasteiger partial charge < -0.3 is 4.42 Å². The third kappa shape index (κ3) is 3.49. The summed E-state index contributed by atoms with van der Waals surface area (Å²) in [4.78, 5) is 44.6. The summed E-state index contributed by atoms with van der Waals surface area (Å²) in [6.45, 7) is 3.91. The van der Waals surface area contributed by atoms with Crippen LogP contribution in [-0.2, 0) is 0 Å². The number of aryl methyl sites for hydroxylation is 1. The molecule has 0 aliphatic carbocycles. The number of ketones is 1. The van der Waals surface area contributed by atoms with Crippen LogP contribution in [0, 0.1) is 45.4 Å². The minimum atomic E-state index is -0.959. The lowest BCUT2D eigenvalue weighted by molar-refractivity contribution is -0.394. The number of nitrogens with zero attached hydrogens (tertiary/aromatic N) is 3. The van der Waals surface area contributed by atoms with Crippen molar-refractivity contribution >= 4 is 28.9 Å². The number of hydrogen-bond donors (Lipinski definition) is 1. The Morgan fingerprint density at radius 1 is 1.19 bits per heavy atom. The first-order chi connectivity index (χ1) is 12.6. The Morgan fingerprint density at radius 2 is 1.81 bits per heavy atom. The quantitative estimate of drug-likeness (QED) is 0.474. The van der Waals surface area contributed by atoms with Crippen molar-refractivity contribution in [1.82, 2.24) is 0 Å². The number of carbonyl (C=O) groups excluding carboxylic acids is 2. The third-order valence-electron chi connectivity index (χ3n) is 3.79. The van der Waals surface area contributed by atoms with E-state index in [2.05, 4.69) is 5.32 Å². The van der Waals surface area contributed by atoms with Crippen LogP contribution in [-0.4, -0.2) is 21.5 Å². The van der Waals surface area contributed by atoms with Gasteiger partial charge in [-0.15, -0.1) is 0 Å². The number of hydrogen-bond acceptors (Lipinski definition) is 8. The van der Waals surface area contributed by atoms with Crippen molar-refractivity contribution in [2.24, 2.45) is 0 Å². The van der Waals surface area contributed by atoms with E-state index in [0.29, 0.717) is 0 Å². The summed E-state index contributed by atoms with van der Waals surface area (Å²) >= 11 is 0.